The van der Waals surface area contributed by atoms with Gasteiger partial charge in [0.2, 0.25) is 0 Å². The maximum Gasteiger partial charge on any atom is 0.405 e. The molecule has 1 aromatic heterocycles. The van der Waals surface area contributed by atoms with Crippen LogP contribution in [0, 0.1) is 0 Å². The summed E-state index contributed by atoms with van der Waals surface area (Å²) >= 11 is 4.77. The van der Waals surface area contributed by atoms with Crippen LogP contribution in [-0.4, -0.2) is 28.7 Å². The molecule has 98 valence electrons. The van der Waals surface area contributed by atoms with Crippen LogP contribution in [0.25, 0.3) is 0 Å². The average molecular weight is 275 g/mol. The highest BCUT2D eigenvalue weighted by molar-refractivity contribution is 7.80. The molecule has 1 saturated carbocycles. The Morgan fingerprint density at radius 2 is 2.17 bits per heavy atom. The predicted octanol–water partition coefficient (Wildman–Crippen LogP) is 2.25. The fraction of sp³-hybridized carbons (Fsp3) is 0.455. The van der Waals surface area contributed by atoms with Crippen molar-refractivity contribution in [1.29, 1.82) is 0 Å². The number of thiocarbonyl (C=S) groups is 1. The molecule has 1 aliphatic rings. The molecule has 3 nitrogen and oxygen atoms in total. The molecule has 0 saturated heterocycles. The SMILES string of the molecule is NC(=S)c1cc(N(CC(F)(F)F)C2CC2)ccn1. The highest BCUT2D eigenvalue weighted by atomic mass is 32.1. The van der Waals surface area contributed by atoms with Crippen molar-refractivity contribution >= 4 is 22.9 Å². The summed E-state index contributed by atoms with van der Waals surface area (Å²) in [6, 6.07) is 3.01. The zero-order valence-corrected chi connectivity index (χ0v) is 10.3. The number of aromatic nitrogens is 1. The Hall–Kier alpha value is -1.37. The molecule has 18 heavy (non-hydrogen) atoms. The first-order chi connectivity index (χ1) is 8.37. The maximum absolute atomic E-state index is 12.5. The van der Waals surface area contributed by atoms with E-state index in [0.717, 1.165) is 12.8 Å². The molecule has 0 aromatic carbocycles. The van der Waals surface area contributed by atoms with Crippen LogP contribution in [0.4, 0.5) is 18.9 Å². The van der Waals surface area contributed by atoms with Gasteiger partial charge in [0.15, 0.2) is 0 Å². The van der Waals surface area contributed by atoms with E-state index in [9.17, 15) is 13.2 Å². The second-order valence-electron chi connectivity index (χ2n) is 4.24. The molecule has 0 bridgehead atoms. The van der Waals surface area contributed by atoms with Gasteiger partial charge in [0, 0.05) is 17.9 Å². The van der Waals surface area contributed by atoms with Gasteiger partial charge in [-0.2, -0.15) is 13.2 Å². The topological polar surface area (TPSA) is 42.1 Å². The first kappa shape index (κ1) is 13.1. The molecule has 0 atom stereocenters. The highest BCUT2D eigenvalue weighted by Crippen LogP contribution is 2.34. The zero-order valence-electron chi connectivity index (χ0n) is 9.44. The van der Waals surface area contributed by atoms with Crippen molar-refractivity contribution in [1.82, 2.24) is 4.98 Å². The highest BCUT2D eigenvalue weighted by Gasteiger charge is 2.38. The van der Waals surface area contributed by atoms with Gasteiger partial charge in [0.1, 0.15) is 11.5 Å². The maximum atomic E-state index is 12.5. The molecule has 1 aromatic rings. The molecule has 0 unspecified atom stereocenters. The molecular formula is C11H12F3N3S. The number of pyridine rings is 1. The summed E-state index contributed by atoms with van der Waals surface area (Å²) in [5.74, 6) is 0. The van der Waals surface area contributed by atoms with Crippen LogP contribution in [0.1, 0.15) is 18.5 Å². The lowest BCUT2D eigenvalue weighted by Gasteiger charge is -2.26. The second-order valence-corrected chi connectivity index (χ2v) is 4.68. The molecule has 7 heteroatoms. The molecule has 0 amide bonds. The summed E-state index contributed by atoms with van der Waals surface area (Å²) in [6.45, 7) is -0.960. The van der Waals surface area contributed by atoms with E-state index in [0.29, 0.717) is 11.4 Å². The lowest BCUT2D eigenvalue weighted by Crippen LogP contribution is -2.36. The summed E-state index contributed by atoms with van der Waals surface area (Å²) in [4.78, 5) is 5.34. The van der Waals surface area contributed by atoms with Gasteiger partial charge >= 0.3 is 6.18 Å². The Balaban J connectivity index is 2.25. The van der Waals surface area contributed by atoms with Crippen LogP contribution in [-0.2, 0) is 0 Å². The van der Waals surface area contributed by atoms with E-state index in [1.165, 1.54) is 17.2 Å². The summed E-state index contributed by atoms with van der Waals surface area (Å²) in [5.41, 5.74) is 6.24. The largest absolute Gasteiger partial charge is 0.405 e. The van der Waals surface area contributed by atoms with Crippen LogP contribution < -0.4 is 10.6 Å². The van der Waals surface area contributed by atoms with E-state index in [2.05, 4.69) is 4.98 Å². The first-order valence-corrected chi connectivity index (χ1v) is 5.87. The van der Waals surface area contributed by atoms with E-state index >= 15 is 0 Å². The third-order valence-electron chi connectivity index (χ3n) is 2.66. The van der Waals surface area contributed by atoms with Gasteiger partial charge in [-0.15, -0.1) is 0 Å². The van der Waals surface area contributed by atoms with Crippen molar-refractivity contribution < 1.29 is 13.2 Å². The van der Waals surface area contributed by atoms with Crippen LogP contribution in [0.2, 0.25) is 0 Å². The van der Waals surface area contributed by atoms with Gasteiger partial charge in [-0.1, -0.05) is 12.2 Å². The number of nitrogens with two attached hydrogens (primary N) is 1. The Morgan fingerprint density at radius 3 is 2.67 bits per heavy atom. The van der Waals surface area contributed by atoms with Gasteiger partial charge in [-0.3, -0.25) is 4.98 Å². The minimum atomic E-state index is -4.23. The average Bonchev–Trinajstić information content (AvgIpc) is 3.08. The van der Waals surface area contributed by atoms with E-state index < -0.39 is 12.7 Å². The lowest BCUT2D eigenvalue weighted by molar-refractivity contribution is -0.120. The number of rotatable bonds is 4. The number of hydrogen-bond donors (Lipinski definition) is 1. The Morgan fingerprint density at radius 1 is 1.50 bits per heavy atom. The Kier molecular flexibility index (Phi) is 3.43. The second kappa shape index (κ2) is 4.72. The molecule has 2 rings (SSSR count). The molecule has 1 heterocycles. The van der Waals surface area contributed by atoms with Crippen LogP contribution in [0.5, 0.6) is 0 Å². The van der Waals surface area contributed by atoms with Crippen molar-refractivity contribution in [2.45, 2.75) is 25.1 Å². The Labute approximate surface area is 108 Å². The van der Waals surface area contributed by atoms with E-state index in [4.69, 9.17) is 18.0 Å². The van der Waals surface area contributed by atoms with Crippen molar-refractivity contribution in [3.05, 3.63) is 24.0 Å². The molecule has 1 aliphatic carbocycles. The van der Waals surface area contributed by atoms with Crippen molar-refractivity contribution in [2.24, 2.45) is 5.73 Å². The van der Waals surface area contributed by atoms with Gasteiger partial charge in [0.05, 0.1) is 5.69 Å². The van der Waals surface area contributed by atoms with Crippen LogP contribution in [0.15, 0.2) is 18.3 Å². The van der Waals surface area contributed by atoms with E-state index in [-0.39, 0.29) is 11.0 Å². The number of nitrogens with zero attached hydrogens (tertiary/aromatic N) is 2. The van der Waals surface area contributed by atoms with Gasteiger partial charge in [-0.05, 0) is 25.0 Å². The predicted molar refractivity (Wildman–Crippen MR) is 66.5 cm³/mol. The van der Waals surface area contributed by atoms with E-state index in [1.54, 1.807) is 6.07 Å². The molecule has 0 spiro atoms. The van der Waals surface area contributed by atoms with Crippen molar-refractivity contribution in [2.75, 3.05) is 11.4 Å². The first-order valence-electron chi connectivity index (χ1n) is 5.46. The lowest BCUT2D eigenvalue weighted by atomic mass is 10.2. The monoisotopic (exact) mass is 275 g/mol. The number of alkyl halides is 3. The molecule has 0 aliphatic heterocycles. The van der Waals surface area contributed by atoms with Crippen molar-refractivity contribution in [3.63, 3.8) is 0 Å². The Bertz CT molecular complexity index is 457. The summed E-state index contributed by atoms with van der Waals surface area (Å²) in [7, 11) is 0. The van der Waals surface area contributed by atoms with Gasteiger partial charge < -0.3 is 10.6 Å². The third kappa shape index (κ3) is 3.32. The quantitative estimate of drug-likeness (QED) is 0.856. The summed E-state index contributed by atoms with van der Waals surface area (Å²) < 4.78 is 37.6. The molecule has 2 N–H and O–H groups in total. The minimum absolute atomic E-state index is 0.0479. The van der Waals surface area contributed by atoms with Crippen molar-refractivity contribution in [3.8, 4) is 0 Å². The van der Waals surface area contributed by atoms with Crippen LogP contribution in [0.3, 0.4) is 0 Å². The summed E-state index contributed by atoms with van der Waals surface area (Å²) in [5, 5.41) is 0. The molecule has 1 fully saturated rings. The zero-order chi connectivity index (χ0) is 13.3. The van der Waals surface area contributed by atoms with E-state index in [1.807, 2.05) is 0 Å². The number of halogens is 3. The normalized spacial score (nSPS) is 15.5. The van der Waals surface area contributed by atoms with Gasteiger partial charge in [0.25, 0.3) is 0 Å². The summed E-state index contributed by atoms with van der Waals surface area (Å²) in [6.07, 6.45) is -1.24. The fourth-order valence-electron chi connectivity index (χ4n) is 1.74. The number of hydrogen-bond acceptors (Lipinski definition) is 3. The smallest absolute Gasteiger partial charge is 0.388 e. The third-order valence-corrected chi connectivity index (χ3v) is 2.87. The van der Waals surface area contributed by atoms with Gasteiger partial charge in [-0.25, -0.2) is 0 Å². The molecular weight excluding hydrogens is 263 g/mol. The fourth-order valence-corrected chi connectivity index (χ4v) is 1.85. The minimum Gasteiger partial charge on any atom is -0.388 e. The number of anilines is 1. The van der Waals surface area contributed by atoms with Crippen LogP contribution >= 0.6 is 12.2 Å². The molecule has 0 radical (unpaired) electrons. The standard InChI is InChI=1S/C11H12F3N3S/c12-11(13,14)6-17(7-1-2-7)8-3-4-16-9(5-8)10(15)18/h3-5,7H,1-2,6H2,(H2,15,18).